The number of benzene rings is 1. The van der Waals surface area contributed by atoms with E-state index in [-0.39, 0.29) is 46.9 Å². The van der Waals surface area contributed by atoms with Gasteiger partial charge in [0.05, 0.1) is 24.1 Å². The Morgan fingerprint density at radius 1 is 1.05 bits per heavy atom. The van der Waals surface area contributed by atoms with Crippen LogP contribution in [0.2, 0.25) is 5.15 Å². The third-order valence-corrected chi connectivity index (χ3v) is 6.58. The second-order valence-electron chi connectivity index (χ2n) is 8.93. The molecule has 1 saturated carbocycles. The van der Waals surface area contributed by atoms with Crippen LogP contribution in [0.5, 0.6) is 5.75 Å². The van der Waals surface area contributed by atoms with Crippen molar-refractivity contribution >= 4 is 17.7 Å². The summed E-state index contributed by atoms with van der Waals surface area (Å²) in [4.78, 5) is 27.9. The molecule has 3 aromatic rings. The molecule has 2 N–H and O–H groups in total. The zero-order valence-electron chi connectivity index (χ0n) is 20.2. The topological polar surface area (TPSA) is 110 Å². The van der Waals surface area contributed by atoms with E-state index in [1.54, 1.807) is 0 Å². The zero-order valence-corrected chi connectivity index (χ0v) is 21.0. The lowest BCUT2D eigenvalue weighted by molar-refractivity contribution is 0.194. The highest BCUT2D eigenvalue weighted by Crippen LogP contribution is 2.42. The highest BCUT2D eigenvalue weighted by molar-refractivity contribution is 6.32. The molecule has 0 aliphatic heterocycles. The molecule has 0 spiro atoms. The standard InChI is InChI=1S/C26H28ClF2N5O3/c27-24-22(21-18(28)13-17(14-19(21)29)37-12-6-5-9-32-26(35)36)23(16-7-3-1-2-4-8-16)33-25(34-24)20-15-30-10-11-31-20/h10-11,13-16,32H,1-9,12H2,(H,35,36). The largest absolute Gasteiger partial charge is 0.493 e. The van der Waals surface area contributed by atoms with Crippen LogP contribution in [0.4, 0.5) is 13.6 Å². The Hall–Kier alpha value is -3.40. The van der Waals surface area contributed by atoms with Gasteiger partial charge in [-0.2, -0.15) is 0 Å². The van der Waals surface area contributed by atoms with Crippen molar-refractivity contribution in [2.24, 2.45) is 0 Å². The van der Waals surface area contributed by atoms with E-state index in [9.17, 15) is 4.79 Å². The Kier molecular flexibility index (Phi) is 9.16. The molecule has 1 amide bonds. The molecular weight excluding hydrogens is 504 g/mol. The first kappa shape index (κ1) is 26.7. The van der Waals surface area contributed by atoms with E-state index in [1.165, 1.54) is 18.6 Å². The van der Waals surface area contributed by atoms with Gasteiger partial charge in [0.1, 0.15) is 28.2 Å². The van der Waals surface area contributed by atoms with E-state index < -0.39 is 17.7 Å². The lowest BCUT2D eigenvalue weighted by atomic mass is 9.90. The molecule has 4 rings (SSSR count). The van der Waals surface area contributed by atoms with Crippen molar-refractivity contribution in [3.63, 3.8) is 0 Å². The van der Waals surface area contributed by atoms with Gasteiger partial charge < -0.3 is 15.2 Å². The predicted molar refractivity (Wildman–Crippen MR) is 135 cm³/mol. The van der Waals surface area contributed by atoms with E-state index in [1.807, 2.05) is 0 Å². The molecule has 8 nitrogen and oxygen atoms in total. The number of amides is 1. The Labute approximate surface area is 218 Å². The average Bonchev–Trinajstić information content (AvgIpc) is 3.16. The molecule has 196 valence electrons. The van der Waals surface area contributed by atoms with E-state index in [2.05, 4.69) is 20.3 Å². The summed E-state index contributed by atoms with van der Waals surface area (Å²) in [6, 6.07) is 2.25. The van der Waals surface area contributed by atoms with Crippen molar-refractivity contribution in [2.75, 3.05) is 13.2 Å². The summed E-state index contributed by atoms with van der Waals surface area (Å²) in [6.45, 7) is 0.455. The lowest BCUT2D eigenvalue weighted by Crippen LogP contribution is -2.22. The molecule has 0 radical (unpaired) electrons. The van der Waals surface area contributed by atoms with Crippen molar-refractivity contribution in [1.82, 2.24) is 25.3 Å². The third-order valence-electron chi connectivity index (χ3n) is 6.31. The van der Waals surface area contributed by atoms with Gasteiger partial charge in [-0.1, -0.05) is 37.3 Å². The maximum atomic E-state index is 15.4. The highest BCUT2D eigenvalue weighted by Gasteiger charge is 2.28. The normalized spacial score (nSPS) is 14.2. The number of unbranched alkanes of at least 4 members (excludes halogenated alkanes) is 1. The highest BCUT2D eigenvalue weighted by atomic mass is 35.5. The van der Waals surface area contributed by atoms with E-state index in [0.29, 0.717) is 24.2 Å². The van der Waals surface area contributed by atoms with Crippen molar-refractivity contribution < 1.29 is 23.4 Å². The van der Waals surface area contributed by atoms with Gasteiger partial charge in [-0.3, -0.25) is 4.98 Å². The number of halogens is 3. The van der Waals surface area contributed by atoms with Crippen LogP contribution in [0, 0.1) is 11.6 Å². The van der Waals surface area contributed by atoms with Crippen LogP contribution in [0.3, 0.4) is 0 Å². The minimum absolute atomic E-state index is 0.0254. The van der Waals surface area contributed by atoms with E-state index in [4.69, 9.17) is 26.4 Å². The predicted octanol–water partition coefficient (Wildman–Crippen LogP) is 6.40. The fourth-order valence-electron chi connectivity index (χ4n) is 4.54. The molecule has 11 heteroatoms. The second kappa shape index (κ2) is 12.7. The zero-order chi connectivity index (χ0) is 26.2. The molecule has 0 unspecified atom stereocenters. The number of carboxylic acid groups (broad SMARTS) is 1. The fourth-order valence-corrected chi connectivity index (χ4v) is 4.81. The van der Waals surface area contributed by atoms with Crippen LogP contribution in [0.15, 0.2) is 30.7 Å². The van der Waals surface area contributed by atoms with Crippen molar-refractivity contribution in [1.29, 1.82) is 0 Å². The number of rotatable bonds is 9. The summed E-state index contributed by atoms with van der Waals surface area (Å²) in [6.07, 6.45) is 10.4. The first-order chi connectivity index (χ1) is 17.9. The lowest BCUT2D eigenvalue weighted by Gasteiger charge is -2.20. The Morgan fingerprint density at radius 2 is 1.78 bits per heavy atom. The molecule has 2 heterocycles. The fraction of sp³-hybridized carbons (Fsp3) is 0.423. The van der Waals surface area contributed by atoms with Gasteiger partial charge in [0, 0.05) is 42.6 Å². The number of carbonyl (C=O) groups is 1. The van der Waals surface area contributed by atoms with Crippen molar-refractivity contribution in [2.45, 2.75) is 57.3 Å². The second-order valence-corrected chi connectivity index (χ2v) is 9.28. The Balaban J connectivity index is 1.65. The third kappa shape index (κ3) is 6.88. The van der Waals surface area contributed by atoms with Gasteiger partial charge in [-0.05, 0) is 25.7 Å². The average molecular weight is 532 g/mol. The SMILES string of the molecule is O=C(O)NCCCCOc1cc(F)c(-c2c(Cl)nc(-c3cnccn3)nc2C2CCCCCC2)c(F)c1. The summed E-state index contributed by atoms with van der Waals surface area (Å²) in [5.41, 5.74) is 0.810. The summed E-state index contributed by atoms with van der Waals surface area (Å²) in [5.74, 6) is -1.37. The van der Waals surface area contributed by atoms with E-state index >= 15 is 8.78 Å². The molecule has 1 fully saturated rings. The number of nitrogens with zero attached hydrogens (tertiary/aromatic N) is 4. The molecule has 1 aromatic carbocycles. The number of nitrogens with one attached hydrogen (secondary N) is 1. The molecule has 1 aliphatic carbocycles. The molecule has 0 saturated heterocycles. The Bertz CT molecular complexity index is 1200. The molecule has 0 bridgehead atoms. The maximum Gasteiger partial charge on any atom is 0.404 e. The number of aromatic nitrogens is 4. The maximum absolute atomic E-state index is 15.4. The quantitative estimate of drug-likeness (QED) is 0.187. The molecule has 1 aliphatic rings. The van der Waals surface area contributed by atoms with Gasteiger partial charge in [0.2, 0.25) is 0 Å². The smallest absolute Gasteiger partial charge is 0.404 e. The van der Waals surface area contributed by atoms with Crippen molar-refractivity contribution in [3.8, 4) is 28.4 Å². The number of hydrogen-bond donors (Lipinski definition) is 2. The monoisotopic (exact) mass is 531 g/mol. The van der Waals surface area contributed by atoms with Crippen LogP contribution in [-0.2, 0) is 0 Å². The van der Waals surface area contributed by atoms with Crippen LogP contribution >= 0.6 is 11.6 Å². The molecule has 0 atom stereocenters. The summed E-state index contributed by atoms with van der Waals surface area (Å²) < 4.78 is 36.3. The van der Waals surface area contributed by atoms with Gasteiger partial charge >= 0.3 is 6.09 Å². The molecule has 37 heavy (non-hydrogen) atoms. The summed E-state index contributed by atoms with van der Waals surface area (Å²) in [5, 5.41) is 10.8. The first-order valence-corrected chi connectivity index (χ1v) is 12.7. The minimum Gasteiger partial charge on any atom is -0.493 e. The number of hydrogen-bond acceptors (Lipinski definition) is 6. The summed E-state index contributed by atoms with van der Waals surface area (Å²) in [7, 11) is 0. The van der Waals surface area contributed by atoms with Crippen LogP contribution < -0.4 is 10.1 Å². The van der Waals surface area contributed by atoms with Crippen LogP contribution in [0.25, 0.3) is 22.6 Å². The molecule has 2 aromatic heterocycles. The van der Waals surface area contributed by atoms with Gasteiger partial charge in [0.25, 0.3) is 0 Å². The van der Waals surface area contributed by atoms with Gasteiger partial charge in [-0.25, -0.2) is 28.5 Å². The Morgan fingerprint density at radius 3 is 2.43 bits per heavy atom. The number of ether oxygens (including phenoxy) is 1. The van der Waals surface area contributed by atoms with Gasteiger partial charge in [0.15, 0.2) is 5.82 Å². The molecular formula is C26H28ClF2N5O3. The summed E-state index contributed by atoms with van der Waals surface area (Å²) >= 11 is 6.61. The van der Waals surface area contributed by atoms with Crippen LogP contribution in [-0.4, -0.2) is 44.3 Å². The van der Waals surface area contributed by atoms with Crippen LogP contribution in [0.1, 0.15) is 63.0 Å². The van der Waals surface area contributed by atoms with E-state index in [0.717, 1.165) is 50.7 Å². The van der Waals surface area contributed by atoms with Crippen molar-refractivity contribution in [3.05, 3.63) is 53.2 Å². The van der Waals surface area contributed by atoms with Gasteiger partial charge in [-0.15, -0.1) is 0 Å². The minimum atomic E-state index is -1.10. The first-order valence-electron chi connectivity index (χ1n) is 12.4.